The number of aliphatic hydroxyl groups is 1. The highest BCUT2D eigenvalue weighted by Gasteiger charge is 2.22. The minimum absolute atomic E-state index is 0.223. The Bertz CT molecular complexity index is 469. The van der Waals surface area contributed by atoms with Gasteiger partial charge in [-0.25, -0.2) is 9.78 Å². The zero-order valence-corrected chi connectivity index (χ0v) is 13.5. The lowest BCUT2D eigenvalue weighted by Crippen LogP contribution is -2.43. The molecule has 0 bridgehead atoms. The lowest BCUT2D eigenvalue weighted by molar-refractivity contribution is 0.0650. The molecule has 1 unspecified atom stereocenters. The lowest BCUT2D eigenvalue weighted by atomic mass is 9.89. The fourth-order valence-electron chi connectivity index (χ4n) is 1.54. The first kappa shape index (κ1) is 17.2. The van der Waals surface area contributed by atoms with Crippen molar-refractivity contribution in [1.29, 1.82) is 0 Å². The monoisotopic (exact) mass is 294 g/mol. The van der Waals surface area contributed by atoms with Gasteiger partial charge in [0.2, 0.25) is 0 Å². The summed E-state index contributed by atoms with van der Waals surface area (Å²) in [5.41, 5.74) is 0.530. The molecule has 0 saturated heterocycles. The van der Waals surface area contributed by atoms with E-state index in [1.54, 1.807) is 0 Å². The van der Waals surface area contributed by atoms with Crippen molar-refractivity contribution in [1.82, 2.24) is 15.6 Å². The number of aliphatic hydroxyl groups excluding tert-OH is 1. The number of nitrogens with one attached hydrogen (secondary N) is 2. The third-order valence-electron chi connectivity index (χ3n) is 3.14. The first-order valence-corrected chi connectivity index (χ1v) is 7.03. The molecule has 3 N–H and O–H groups in total. The predicted molar refractivity (Wildman–Crippen MR) is 84.3 cm³/mol. The number of rotatable bonds is 5. The van der Waals surface area contributed by atoms with Crippen molar-refractivity contribution >= 4 is 11.8 Å². The SMILES string of the molecule is CN(C)c1cccc(CNC(=O)NCC(O)C(C)(C)C)n1. The van der Waals surface area contributed by atoms with Crippen LogP contribution in [-0.4, -0.2) is 42.9 Å². The van der Waals surface area contributed by atoms with E-state index < -0.39 is 6.10 Å². The van der Waals surface area contributed by atoms with E-state index >= 15 is 0 Å². The first-order valence-electron chi connectivity index (χ1n) is 7.03. The number of aromatic nitrogens is 1. The van der Waals surface area contributed by atoms with Gasteiger partial charge in [0.1, 0.15) is 5.82 Å². The van der Waals surface area contributed by atoms with Crippen LogP contribution in [0.5, 0.6) is 0 Å². The Hall–Kier alpha value is -1.82. The van der Waals surface area contributed by atoms with E-state index in [1.807, 2.05) is 58.0 Å². The smallest absolute Gasteiger partial charge is 0.315 e. The van der Waals surface area contributed by atoms with Crippen molar-refractivity contribution < 1.29 is 9.90 Å². The summed E-state index contributed by atoms with van der Waals surface area (Å²) in [6.07, 6.45) is -0.585. The molecule has 0 fully saturated rings. The van der Waals surface area contributed by atoms with Gasteiger partial charge >= 0.3 is 6.03 Å². The van der Waals surface area contributed by atoms with E-state index in [0.29, 0.717) is 6.54 Å². The first-order chi connectivity index (χ1) is 9.70. The van der Waals surface area contributed by atoms with Crippen molar-refractivity contribution in [2.24, 2.45) is 5.41 Å². The Kier molecular flexibility index (Phi) is 5.96. The van der Waals surface area contributed by atoms with Crippen molar-refractivity contribution in [3.8, 4) is 0 Å². The van der Waals surface area contributed by atoms with Crippen LogP contribution >= 0.6 is 0 Å². The van der Waals surface area contributed by atoms with E-state index in [0.717, 1.165) is 11.5 Å². The van der Waals surface area contributed by atoms with E-state index in [1.165, 1.54) is 0 Å². The van der Waals surface area contributed by atoms with E-state index in [9.17, 15) is 9.90 Å². The number of anilines is 1. The average molecular weight is 294 g/mol. The zero-order chi connectivity index (χ0) is 16.0. The van der Waals surface area contributed by atoms with Crippen LogP contribution < -0.4 is 15.5 Å². The van der Waals surface area contributed by atoms with E-state index in [4.69, 9.17) is 0 Å². The quantitative estimate of drug-likeness (QED) is 0.766. The highest BCUT2D eigenvalue weighted by atomic mass is 16.3. The number of nitrogens with zero attached hydrogens (tertiary/aromatic N) is 2. The topological polar surface area (TPSA) is 77.5 Å². The highest BCUT2D eigenvalue weighted by Crippen LogP contribution is 2.17. The number of pyridine rings is 1. The van der Waals surface area contributed by atoms with Gasteiger partial charge in [0, 0.05) is 20.6 Å². The molecule has 6 heteroatoms. The second-order valence-electron chi connectivity index (χ2n) is 6.33. The molecule has 0 aromatic carbocycles. The highest BCUT2D eigenvalue weighted by molar-refractivity contribution is 5.73. The second-order valence-corrected chi connectivity index (χ2v) is 6.33. The van der Waals surface area contributed by atoms with Gasteiger partial charge in [-0.05, 0) is 17.5 Å². The Morgan fingerprint density at radius 2 is 2.00 bits per heavy atom. The standard InChI is InChI=1S/C15H26N4O2/c1-15(2,3)12(20)10-17-14(21)16-9-11-7-6-8-13(18-11)19(4)5/h6-8,12,20H,9-10H2,1-5H3,(H2,16,17,21). The summed E-state index contributed by atoms with van der Waals surface area (Å²) < 4.78 is 0. The second kappa shape index (κ2) is 7.26. The summed E-state index contributed by atoms with van der Waals surface area (Å²) in [4.78, 5) is 18.0. The number of urea groups is 1. The van der Waals surface area contributed by atoms with Gasteiger partial charge in [0.05, 0.1) is 18.3 Å². The molecule has 1 aromatic rings. The maximum atomic E-state index is 11.7. The largest absolute Gasteiger partial charge is 0.391 e. The average Bonchev–Trinajstić information content (AvgIpc) is 2.41. The number of carbonyl (C=O) groups excluding carboxylic acids is 1. The molecule has 0 spiro atoms. The summed E-state index contributed by atoms with van der Waals surface area (Å²) in [7, 11) is 3.83. The van der Waals surface area contributed by atoms with Crippen LogP contribution in [0.4, 0.5) is 10.6 Å². The summed E-state index contributed by atoms with van der Waals surface area (Å²) >= 11 is 0. The van der Waals surface area contributed by atoms with Crippen LogP contribution in [0, 0.1) is 5.41 Å². The molecule has 2 amide bonds. The molecular formula is C15H26N4O2. The van der Waals surface area contributed by atoms with Crippen molar-refractivity contribution in [3.63, 3.8) is 0 Å². The molecule has 0 saturated carbocycles. The van der Waals surface area contributed by atoms with Gasteiger partial charge in [0.15, 0.2) is 0 Å². The van der Waals surface area contributed by atoms with Crippen LogP contribution in [0.15, 0.2) is 18.2 Å². The number of hydrogen-bond donors (Lipinski definition) is 3. The normalized spacial score (nSPS) is 12.7. The fraction of sp³-hybridized carbons (Fsp3) is 0.600. The maximum Gasteiger partial charge on any atom is 0.315 e. The summed E-state index contributed by atoms with van der Waals surface area (Å²) in [5.74, 6) is 0.845. The number of amides is 2. The van der Waals surface area contributed by atoms with E-state index in [2.05, 4.69) is 15.6 Å². The summed E-state index contributed by atoms with van der Waals surface area (Å²) in [6, 6.07) is 5.36. The molecular weight excluding hydrogens is 268 g/mol. The molecule has 1 heterocycles. The molecule has 1 atom stereocenters. The fourth-order valence-corrected chi connectivity index (χ4v) is 1.54. The molecule has 0 aliphatic rings. The Morgan fingerprint density at radius 3 is 2.57 bits per heavy atom. The molecule has 0 aliphatic heterocycles. The van der Waals surface area contributed by atoms with Gasteiger partial charge in [-0.2, -0.15) is 0 Å². The van der Waals surface area contributed by atoms with Crippen molar-refractivity contribution in [3.05, 3.63) is 23.9 Å². The molecule has 1 aromatic heterocycles. The Labute approximate surface area is 126 Å². The van der Waals surface area contributed by atoms with Gasteiger partial charge in [-0.3, -0.25) is 0 Å². The minimum atomic E-state index is -0.585. The number of hydrogen-bond acceptors (Lipinski definition) is 4. The van der Waals surface area contributed by atoms with E-state index in [-0.39, 0.29) is 18.0 Å². The molecule has 6 nitrogen and oxygen atoms in total. The van der Waals surface area contributed by atoms with Gasteiger partial charge in [0.25, 0.3) is 0 Å². The van der Waals surface area contributed by atoms with Crippen LogP contribution in [-0.2, 0) is 6.54 Å². The predicted octanol–water partition coefficient (Wildman–Crippen LogP) is 1.35. The third kappa shape index (κ3) is 5.99. The summed E-state index contributed by atoms with van der Waals surface area (Å²) in [5, 5.41) is 15.2. The van der Waals surface area contributed by atoms with Crippen molar-refractivity contribution in [2.45, 2.75) is 33.4 Å². The molecule has 21 heavy (non-hydrogen) atoms. The van der Waals surface area contributed by atoms with Gasteiger partial charge in [-0.1, -0.05) is 26.8 Å². The molecule has 0 aliphatic carbocycles. The molecule has 1 rings (SSSR count). The lowest BCUT2D eigenvalue weighted by Gasteiger charge is -2.25. The number of carbonyl (C=O) groups is 1. The summed E-state index contributed by atoms with van der Waals surface area (Å²) in [6.45, 7) is 6.34. The zero-order valence-electron chi connectivity index (χ0n) is 13.5. The van der Waals surface area contributed by atoms with Crippen molar-refractivity contribution in [2.75, 3.05) is 25.5 Å². The van der Waals surface area contributed by atoms with Crippen LogP contribution in [0.2, 0.25) is 0 Å². The minimum Gasteiger partial charge on any atom is -0.391 e. The molecule has 0 radical (unpaired) electrons. The van der Waals surface area contributed by atoms with Gasteiger partial charge in [-0.15, -0.1) is 0 Å². The van der Waals surface area contributed by atoms with Crippen LogP contribution in [0.3, 0.4) is 0 Å². The Morgan fingerprint density at radius 1 is 1.33 bits per heavy atom. The van der Waals surface area contributed by atoms with Crippen LogP contribution in [0.25, 0.3) is 0 Å². The molecule has 118 valence electrons. The van der Waals surface area contributed by atoms with Gasteiger partial charge < -0.3 is 20.6 Å². The maximum absolute atomic E-state index is 11.7. The van der Waals surface area contributed by atoms with Crippen LogP contribution in [0.1, 0.15) is 26.5 Å². The Balaban J connectivity index is 2.41. The third-order valence-corrected chi connectivity index (χ3v) is 3.14.